The number of thioether (sulfide) groups is 1. The summed E-state index contributed by atoms with van der Waals surface area (Å²) in [6.45, 7) is 12.6. The van der Waals surface area contributed by atoms with Gasteiger partial charge in [0.05, 0.1) is 0 Å². The minimum atomic E-state index is -0.417. The smallest absolute Gasteiger partial charge is 0.410 e. The maximum absolute atomic E-state index is 12.1. The zero-order valence-corrected chi connectivity index (χ0v) is 16.8. The third-order valence-corrected chi connectivity index (χ3v) is 5.56. The number of hydrogen-bond acceptors (Lipinski definition) is 4. The molecule has 1 aromatic rings. The molecular formula is C20H32N2O2S. The molecule has 1 saturated heterocycles. The van der Waals surface area contributed by atoms with Crippen molar-refractivity contribution in [1.82, 2.24) is 9.80 Å². The van der Waals surface area contributed by atoms with Crippen LogP contribution in [0.1, 0.15) is 39.7 Å². The van der Waals surface area contributed by atoms with Crippen molar-refractivity contribution in [1.29, 1.82) is 0 Å². The van der Waals surface area contributed by atoms with E-state index in [2.05, 4.69) is 42.2 Å². The SMILES string of the molecule is CC(CCN1CCN(C(=O)OC(C)(C)C)CC1)SCc1ccccc1. The molecule has 1 aromatic carbocycles. The molecule has 5 heteroatoms. The molecule has 0 spiro atoms. The first kappa shape index (κ1) is 20.1. The summed E-state index contributed by atoms with van der Waals surface area (Å²) in [5.41, 5.74) is 0.977. The summed E-state index contributed by atoms with van der Waals surface area (Å²) >= 11 is 2.02. The molecule has 1 fully saturated rings. The van der Waals surface area contributed by atoms with Gasteiger partial charge in [0.15, 0.2) is 0 Å². The molecule has 25 heavy (non-hydrogen) atoms. The summed E-state index contributed by atoms with van der Waals surface area (Å²) in [6.07, 6.45) is 1.00. The van der Waals surface area contributed by atoms with Gasteiger partial charge in [-0.3, -0.25) is 4.90 Å². The summed E-state index contributed by atoms with van der Waals surface area (Å²) < 4.78 is 5.45. The molecule has 1 amide bonds. The number of nitrogens with zero attached hydrogens (tertiary/aromatic N) is 2. The molecule has 1 aliphatic rings. The largest absolute Gasteiger partial charge is 0.444 e. The Morgan fingerprint density at radius 2 is 1.80 bits per heavy atom. The predicted octanol–water partition coefficient (Wildman–Crippen LogP) is 4.25. The Labute approximate surface area is 156 Å². The summed E-state index contributed by atoms with van der Waals surface area (Å²) in [7, 11) is 0. The first-order valence-corrected chi connectivity index (χ1v) is 10.2. The highest BCUT2D eigenvalue weighted by atomic mass is 32.2. The topological polar surface area (TPSA) is 32.8 Å². The molecule has 0 saturated carbocycles. The van der Waals surface area contributed by atoms with Crippen molar-refractivity contribution in [3.8, 4) is 0 Å². The van der Waals surface area contributed by atoms with Crippen LogP contribution in [-0.4, -0.2) is 59.5 Å². The lowest BCUT2D eigenvalue weighted by Gasteiger charge is -2.35. The second-order valence-electron chi connectivity index (χ2n) is 7.70. The molecule has 1 aliphatic heterocycles. The zero-order chi connectivity index (χ0) is 18.3. The molecule has 0 aromatic heterocycles. The highest BCUT2D eigenvalue weighted by Gasteiger charge is 2.25. The fraction of sp³-hybridized carbons (Fsp3) is 0.650. The number of amides is 1. The van der Waals surface area contributed by atoms with Gasteiger partial charge in [0, 0.05) is 37.2 Å². The van der Waals surface area contributed by atoms with Crippen LogP contribution in [0.25, 0.3) is 0 Å². The highest BCUT2D eigenvalue weighted by Crippen LogP contribution is 2.20. The Hall–Kier alpha value is -1.20. The van der Waals surface area contributed by atoms with Gasteiger partial charge >= 0.3 is 6.09 Å². The van der Waals surface area contributed by atoms with Gasteiger partial charge in [-0.2, -0.15) is 11.8 Å². The molecule has 140 valence electrons. The summed E-state index contributed by atoms with van der Waals surface area (Å²) in [5.74, 6) is 1.08. The van der Waals surface area contributed by atoms with Gasteiger partial charge in [0.2, 0.25) is 0 Å². The van der Waals surface area contributed by atoms with Gasteiger partial charge in [0.25, 0.3) is 0 Å². The second kappa shape index (κ2) is 9.48. The van der Waals surface area contributed by atoms with Crippen LogP contribution in [0.3, 0.4) is 0 Å². The van der Waals surface area contributed by atoms with Crippen LogP contribution in [0.15, 0.2) is 30.3 Å². The van der Waals surface area contributed by atoms with Crippen molar-refractivity contribution >= 4 is 17.9 Å². The molecule has 1 atom stereocenters. The summed E-state index contributed by atoms with van der Waals surface area (Å²) in [6, 6.07) is 10.6. The van der Waals surface area contributed by atoms with Crippen molar-refractivity contribution in [2.45, 2.75) is 50.7 Å². The van der Waals surface area contributed by atoms with E-state index in [1.165, 1.54) is 12.0 Å². The summed E-state index contributed by atoms with van der Waals surface area (Å²) in [4.78, 5) is 16.4. The first-order valence-electron chi connectivity index (χ1n) is 9.19. The molecule has 2 rings (SSSR count). The van der Waals surface area contributed by atoms with Crippen LogP contribution in [0.2, 0.25) is 0 Å². The average Bonchev–Trinajstić information content (AvgIpc) is 2.58. The fourth-order valence-corrected chi connectivity index (χ4v) is 3.68. The van der Waals surface area contributed by atoms with E-state index in [1.807, 2.05) is 37.4 Å². The van der Waals surface area contributed by atoms with Crippen LogP contribution in [-0.2, 0) is 10.5 Å². The lowest BCUT2D eigenvalue weighted by molar-refractivity contribution is 0.0144. The number of piperazine rings is 1. The van der Waals surface area contributed by atoms with Crippen molar-refractivity contribution in [3.63, 3.8) is 0 Å². The number of hydrogen-bond donors (Lipinski definition) is 0. The van der Waals surface area contributed by atoms with Gasteiger partial charge in [-0.15, -0.1) is 0 Å². The van der Waals surface area contributed by atoms with Crippen molar-refractivity contribution < 1.29 is 9.53 Å². The van der Waals surface area contributed by atoms with Crippen molar-refractivity contribution in [3.05, 3.63) is 35.9 Å². The number of carbonyl (C=O) groups is 1. The third kappa shape index (κ3) is 7.70. The zero-order valence-electron chi connectivity index (χ0n) is 16.0. The number of ether oxygens (including phenoxy) is 1. The number of benzene rings is 1. The molecule has 1 unspecified atom stereocenters. The minimum Gasteiger partial charge on any atom is -0.444 e. The molecule has 0 N–H and O–H groups in total. The number of carbonyl (C=O) groups excluding carboxylic acids is 1. The summed E-state index contributed by atoms with van der Waals surface area (Å²) in [5, 5.41) is 0.643. The minimum absolute atomic E-state index is 0.182. The maximum Gasteiger partial charge on any atom is 0.410 e. The van der Waals surface area contributed by atoms with Gasteiger partial charge in [-0.1, -0.05) is 37.3 Å². The van der Waals surface area contributed by atoms with E-state index in [0.717, 1.165) is 38.5 Å². The van der Waals surface area contributed by atoms with Crippen molar-refractivity contribution in [2.24, 2.45) is 0 Å². The second-order valence-corrected chi connectivity index (χ2v) is 9.13. The van der Waals surface area contributed by atoms with Crippen LogP contribution in [0, 0.1) is 0 Å². The van der Waals surface area contributed by atoms with Gasteiger partial charge in [0.1, 0.15) is 5.60 Å². The van der Waals surface area contributed by atoms with Crippen molar-refractivity contribution in [2.75, 3.05) is 32.7 Å². The average molecular weight is 365 g/mol. The van der Waals surface area contributed by atoms with E-state index < -0.39 is 5.60 Å². The molecular weight excluding hydrogens is 332 g/mol. The van der Waals surface area contributed by atoms with E-state index in [4.69, 9.17) is 4.74 Å². The molecule has 4 nitrogen and oxygen atoms in total. The van der Waals surface area contributed by atoms with Gasteiger partial charge in [-0.05, 0) is 39.3 Å². The van der Waals surface area contributed by atoms with Gasteiger partial charge in [-0.25, -0.2) is 4.79 Å². The standard InChI is InChI=1S/C20H32N2O2S/c1-17(25-16-18-8-6-5-7-9-18)10-11-21-12-14-22(15-13-21)19(23)24-20(2,3)4/h5-9,17H,10-16H2,1-4H3. The Bertz CT molecular complexity index is 522. The quantitative estimate of drug-likeness (QED) is 0.755. The predicted molar refractivity (Wildman–Crippen MR) is 106 cm³/mol. The normalized spacial score (nSPS) is 17.4. The van der Waals surface area contributed by atoms with E-state index in [9.17, 15) is 4.79 Å². The lowest BCUT2D eigenvalue weighted by atomic mass is 10.2. The number of rotatable bonds is 6. The van der Waals surface area contributed by atoms with Crippen LogP contribution in [0.4, 0.5) is 4.79 Å². The Morgan fingerprint density at radius 3 is 2.40 bits per heavy atom. The van der Waals surface area contributed by atoms with E-state index in [0.29, 0.717) is 5.25 Å². The maximum atomic E-state index is 12.1. The highest BCUT2D eigenvalue weighted by molar-refractivity contribution is 7.99. The van der Waals surface area contributed by atoms with Gasteiger partial charge < -0.3 is 9.64 Å². The molecule has 0 bridgehead atoms. The fourth-order valence-electron chi connectivity index (χ4n) is 2.74. The Balaban J connectivity index is 1.62. The third-order valence-electron chi connectivity index (χ3n) is 4.25. The molecule has 0 aliphatic carbocycles. The van der Waals surface area contributed by atoms with Crippen LogP contribution < -0.4 is 0 Å². The van der Waals surface area contributed by atoms with E-state index >= 15 is 0 Å². The Kier molecular flexibility index (Phi) is 7.63. The van der Waals surface area contributed by atoms with E-state index in [1.54, 1.807) is 0 Å². The molecule has 1 heterocycles. The van der Waals surface area contributed by atoms with Crippen LogP contribution >= 0.6 is 11.8 Å². The van der Waals surface area contributed by atoms with E-state index in [-0.39, 0.29) is 6.09 Å². The molecule has 0 radical (unpaired) electrons. The first-order chi connectivity index (χ1) is 11.8. The Morgan fingerprint density at radius 1 is 1.16 bits per heavy atom. The lowest BCUT2D eigenvalue weighted by Crippen LogP contribution is -2.50. The van der Waals surface area contributed by atoms with Crippen LogP contribution in [0.5, 0.6) is 0 Å². The monoisotopic (exact) mass is 364 g/mol.